The third-order valence-electron chi connectivity index (χ3n) is 3.39. The molecule has 0 bridgehead atoms. The van der Waals surface area contributed by atoms with Crippen molar-refractivity contribution in [1.29, 1.82) is 0 Å². The molecule has 7 nitrogen and oxygen atoms in total. The summed E-state index contributed by atoms with van der Waals surface area (Å²) in [6.07, 6.45) is 0.631. The van der Waals surface area contributed by atoms with E-state index in [0.717, 1.165) is 0 Å². The predicted octanol–water partition coefficient (Wildman–Crippen LogP) is 0.798. The molecule has 0 aliphatic heterocycles. The fourth-order valence-corrected chi connectivity index (χ4v) is 1.83. The number of aryl methyl sites for hydroxylation is 1. The molecule has 0 atom stereocenters. The molecule has 2 aromatic heterocycles. The summed E-state index contributed by atoms with van der Waals surface area (Å²) in [7, 11) is 0. The van der Waals surface area contributed by atoms with Crippen molar-refractivity contribution in [2.45, 2.75) is 34.1 Å². The van der Waals surface area contributed by atoms with E-state index in [1.54, 1.807) is 20.8 Å². The molecule has 2 N–H and O–H groups in total. The van der Waals surface area contributed by atoms with Gasteiger partial charge in [-0.05, 0) is 13.3 Å². The standard InChI is InChI=1S/C12H16N4O3/c1-5-12(3,4)10(18)16-6(2)13-8-7(16)9(17)15-11(19)14-8/h5H2,1-4H3,(H2,14,15,17,19). The van der Waals surface area contributed by atoms with E-state index in [1.807, 2.05) is 6.92 Å². The molecule has 7 heteroatoms. The van der Waals surface area contributed by atoms with Crippen LogP contribution in [0.15, 0.2) is 9.59 Å². The van der Waals surface area contributed by atoms with E-state index in [0.29, 0.717) is 12.2 Å². The number of imidazole rings is 1. The Morgan fingerprint density at radius 1 is 1.32 bits per heavy atom. The van der Waals surface area contributed by atoms with Crippen LogP contribution in [0.3, 0.4) is 0 Å². The summed E-state index contributed by atoms with van der Waals surface area (Å²) >= 11 is 0. The summed E-state index contributed by atoms with van der Waals surface area (Å²) in [5, 5.41) is 0. The highest BCUT2D eigenvalue weighted by Gasteiger charge is 2.30. The summed E-state index contributed by atoms with van der Waals surface area (Å²) in [6, 6.07) is 0. The topological polar surface area (TPSA) is 101 Å². The maximum absolute atomic E-state index is 12.5. The van der Waals surface area contributed by atoms with Crippen LogP contribution in [0, 0.1) is 12.3 Å². The zero-order chi connectivity index (χ0) is 14.4. The number of rotatable bonds is 2. The molecule has 0 unspecified atom stereocenters. The van der Waals surface area contributed by atoms with Crippen LogP contribution in [0.1, 0.15) is 37.8 Å². The summed E-state index contributed by atoms with van der Waals surface area (Å²) in [5.41, 5.74) is -1.64. The Labute approximate surface area is 108 Å². The largest absolute Gasteiger partial charge is 0.327 e. The number of nitrogens with zero attached hydrogens (tertiary/aromatic N) is 2. The first-order chi connectivity index (χ1) is 8.77. The number of aromatic nitrogens is 4. The molecule has 19 heavy (non-hydrogen) atoms. The molecule has 2 heterocycles. The number of carbonyl (C=O) groups excluding carboxylic acids is 1. The molecule has 0 radical (unpaired) electrons. The van der Waals surface area contributed by atoms with Crippen molar-refractivity contribution < 1.29 is 4.79 Å². The fourth-order valence-electron chi connectivity index (χ4n) is 1.83. The van der Waals surface area contributed by atoms with E-state index < -0.39 is 16.7 Å². The van der Waals surface area contributed by atoms with Crippen LogP contribution in [-0.2, 0) is 0 Å². The highest BCUT2D eigenvalue weighted by Crippen LogP contribution is 2.24. The van der Waals surface area contributed by atoms with E-state index in [4.69, 9.17) is 0 Å². The normalized spacial score (nSPS) is 12.0. The van der Waals surface area contributed by atoms with Gasteiger partial charge in [0, 0.05) is 5.41 Å². The SMILES string of the molecule is CCC(C)(C)C(=O)n1c(C)nc2[nH]c(=O)[nH]c(=O)c21. The first-order valence-corrected chi connectivity index (χ1v) is 6.04. The number of carbonyl (C=O) groups is 1. The molecule has 2 rings (SSSR count). The molecule has 0 aliphatic rings. The highest BCUT2D eigenvalue weighted by atomic mass is 16.2. The average molecular weight is 264 g/mol. The van der Waals surface area contributed by atoms with E-state index in [1.165, 1.54) is 4.57 Å². The van der Waals surface area contributed by atoms with Crippen molar-refractivity contribution in [3.05, 3.63) is 26.7 Å². The fraction of sp³-hybridized carbons (Fsp3) is 0.500. The summed E-state index contributed by atoms with van der Waals surface area (Å²) < 4.78 is 1.27. The maximum Gasteiger partial charge on any atom is 0.327 e. The van der Waals surface area contributed by atoms with Crippen LogP contribution in [0.2, 0.25) is 0 Å². The van der Waals surface area contributed by atoms with Crippen LogP contribution in [0.5, 0.6) is 0 Å². The Balaban J connectivity index is 2.82. The van der Waals surface area contributed by atoms with Crippen LogP contribution in [-0.4, -0.2) is 25.4 Å². The van der Waals surface area contributed by atoms with E-state index in [9.17, 15) is 14.4 Å². The third kappa shape index (κ3) is 2.00. The van der Waals surface area contributed by atoms with Gasteiger partial charge in [0.2, 0.25) is 5.91 Å². The van der Waals surface area contributed by atoms with Gasteiger partial charge in [0.1, 0.15) is 5.82 Å². The minimum Gasteiger partial charge on any atom is -0.290 e. The number of fused-ring (bicyclic) bond motifs is 1. The zero-order valence-electron chi connectivity index (χ0n) is 11.3. The zero-order valence-corrected chi connectivity index (χ0v) is 11.3. The molecule has 0 saturated heterocycles. The van der Waals surface area contributed by atoms with E-state index in [-0.39, 0.29) is 17.1 Å². The van der Waals surface area contributed by atoms with Crippen LogP contribution in [0.25, 0.3) is 11.2 Å². The molecule has 0 aliphatic carbocycles. The third-order valence-corrected chi connectivity index (χ3v) is 3.39. The molecule has 0 spiro atoms. The lowest BCUT2D eigenvalue weighted by molar-refractivity contribution is 0.0742. The molecule has 2 aromatic rings. The number of hydrogen-bond donors (Lipinski definition) is 2. The predicted molar refractivity (Wildman–Crippen MR) is 70.4 cm³/mol. The highest BCUT2D eigenvalue weighted by molar-refractivity contribution is 5.92. The smallest absolute Gasteiger partial charge is 0.290 e. The average Bonchev–Trinajstić information content (AvgIpc) is 2.64. The van der Waals surface area contributed by atoms with Crippen molar-refractivity contribution in [2.24, 2.45) is 5.41 Å². The Morgan fingerprint density at radius 2 is 1.95 bits per heavy atom. The van der Waals surface area contributed by atoms with Gasteiger partial charge in [-0.25, -0.2) is 9.78 Å². The summed E-state index contributed by atoms with van der Waals surface area (Å²) in [5.74, 6) is 0.168. The van der Waals surface area contributed by atoms with Crippen molar-refractivity contribution in [1.82, 2.24) is 19.5 Å². The second-order valence-electron chi connectivity index (χ2n) is 5.14. The lowest BCUT2D eigenvalue weighted by Gasteiger charge is -2.21. The summed E-state index contributed by atoms with van der Waals surface area (Å²) in [6.45, 7) is 7.14. The van der Waals surface area contributed by atoms with Crippen LogP contribution < -0.4 is 11.2 Å². The van der Waals surface area contributed by atoms with Gasteiger partial charge in [-0.2, -0.15) is 0 Å². The molecule has 0 fully saturated rings. The number of H-pyrrole nitrogens is 2. The molecular formula is C12H16N4O3. The Hall–Kier alpha value is -2.18. The van der Waals surface area contributed by atoms with Gasteiger partial charge in [0.05, 0.1) is 0 Å². The minimum atomic E-state index is -0.635. The van der Waals surface area contributed by atoms with Gasteiger partial charge in [0.15, 0.2) is 11.2 Å². The van der Waals surface area contributed by atoms with E-state index in [2.05, 4.69) is 15.0 Å². The van der Waals surface area contributed by atoms with Crippen LogP contribution in [0.4, 0.5) is 0 Å². The van der Waals surface area contributed by atoms with E-state index >= 15 is 0 Å². The van der Waals surface area contributed by atoms with Crippen molar-refractivity contribution in [3.8, 4) is 0 Å². The number of hydrogen-bond acceptors (Lipinski definition) is 4. The molecule has 0 saturated carbocycles. The Morgan fingerprint density at radius 3 is 2.53 bits per heavy atom. The quantitative estimate of drug-likeness (QED) is 0.837. The van der Waals surface area contributed by atoms with Crippen molar-refractivity contribution >= 4 is 17.1 Å². The Kier molecular flexibility index (Phi) is 2.92. The first-order valence-electron chi connectivity index (χ1n) is 6.04. The second kappa shape index (κ2) is 4.18. The summed E-state index contributed by atoms with van der Waals surface area (Å²) in [4.78, 5) is 44.2. The van der Waals surface area contributed by atoms with Gasteiger partial charge < -0.3 is 0 Å². The van der Waals surface area contributed by atoms with Gasteiger partial charge in [-0.3, -0.25) is 24.1 Å². The number of nitrogens with one attached hydrogen (secondary N) is 2. The van der Waals surface area contributed by atoms with Gasteiger partial charge in [-0.15, -0.1) is 0 Å². The van der Waals surface area contributed by atoms with Crippen molar-refractivity contribution in [2.75, 3.05) is 0 Å². The molecule has 102 valence electrons. The van der Waals surface area contributed by atoms with Gasteiger partial charge in [0.25, 0.3) is 5.56 Å². The lowest BCUT2D eigenvalue weighted by atomic mass is 9.89. The van der Waals surface area contributed by atoms with Crippen LogP contribution >= 0.6 is 0 Å². The number of aromatic amines is 2. The van der Waals surface area contributed by atoms with Gasteiger partial charge >= 0.3 is 5.69 Å². The molecule has 0 amide bonds. The molecule has 0 aromatic carbocycles. The van der Waals surface area contributed by atoms with Crippen molar-refractivity contribution in [3.63, 3.8) is 0 Å². The second-order valence-corrected chi connectivity index (χ2v) is 5.14. The first kappa shape index (κ1) is 13.3. The van der Waals surface area contributed by atoms with Gasteiger partial charge in [-0.1, -0.05) is 20.8 Å². The Bertz CT molecular complexity index is 763. The lowest BCUT2D eigenvalue weighted by Crippen LogP contribution is -2.32. The molecular weight excluding hydrogens is 248 g/mol. The monoisotopic (exact) mass is 264 g/mol. The maximum atomic E-state index is 12.5. The minimum absolute atomic E-state index is 0.0867.